The van der Waals surface area contributed by atoms with Crippen molar-refractivity contribution in [1.29, 1.82) is 0 Å². The van der Waals surface area contributed by atoms with Gasteiger partial charge in [0.15, 0.2) is 10.2 Å². The molecule has 2 amide bonds. The van der Waals surface area contributed by atoms with Gasteiger partial charge in [0.25, 0.3) is 5.91 Å². The normalized spacial score (nSPS) is 10.5. The van der Waals surface area contributed by atoms with Crippen molar-refractivity contribution in [3.63, 3.8) is 0 Å². The molecule has 3 aromatic rings. The first-order valence-corrected chi connectivity index (χ1v) is 10.8. The standard InChI is InChI=1S/C19H17IN4O2S2/c1-2-5-16(25)23-19-22-14-9-8-11(10-15(14)28-19)21-18(27)24-17(26)12-6-3-4-7-13(12)20/h3-4,6-10H,2,5H2,1H3,(H,22,23,25)(H2,21,24,26,27). The summed E-state index contributed by atoms with van der Waals surface area (Å²) in [6, 6.07) is 12.8. The zero-order valence-electron chi connectivity index (χ0n) is 14.9. The van der Waals surface area contributed by atoms with E-state index in [-0.39, 0.29) is 16.9 Å². The Balaban J connectivity index is 1.66. The van der Waals surface area contributed by atoms with Gasteiger partial charge in [-0.05, 0) is 71.6 Å². The van der Waals surface area contributed by atoms with Crippen molar-refractivity contribution in [1.82, 2.24) is 10.3 Å². The average Bonchev–Trinajstić information content (AvgIpc) is 3.03. The summed E-state index contributed by atoms with van der Waals surface area (Å²) in [5.41, 5.74) is 2.09. The molecule has 144 valence electrons. The predicted octanol–water partition coefficient (Wildman–Crippen LogP) is 4.77. The van der Waals surface area contributed by atoms with Crippen LogP contribution in [0, 0.1) is 3.57 Å². The number of amides is 2. The fourth-order valence-corrected chi connectivity index (χ4v) is 4.21. The first-order chi connectivity index (χ1) is 13.5. The number of carbonyl (C=O) groups is 2. The molecule has 0 saturated heterocycles. The van der Waals surface area contributed by atoms with Crippen molar-refractivity contribution < 1.29 is 9.59 Å². The molecule has 0 aliphatic rings. The van der Waals surface area contributed by atoms with Crippen molar-refractivity contribution in [2.24, 2.45) is 0 Å². The Morgan fingerprint density at radius 3 is 2.71 bits per heavy atom. The summed E-state index contributed by atoms with van der Waals surface area (Å²) in [4.78, 5) is 28.5. The summed E-state index contributed by atoms with van der Waals surface area (Å²) < 4.78 is 1.76. The number of nitrogens with zero attached hydrogens (tertiary/aromatic N) is 1. The van der Waals surface area contributed by atoms with Crippen molar-refractivity contribution in [3.8, 4) is 0 Å². The predicted molar refractivity (Wildman–Crippen MR) is 126 cm³/mol. The smallest absolute Gasteiger partial charge is 0.258 e. The molecule has 2 aromatic carbocycles. The first kappa shape index (κ1) is 20.6. The van der Waals surface area contributed by atoms with Crippen LogP contribution in [0.15, 0.2) is 42.5 Å². The van der Waals surface area contributed by atoms with Gasteiger partial charge in [0.1, 0.15) is 0 Å². The van der Waals surface area contributed by atoms with Crippen LogP contribution < -0.4 is 16.0 Å². The Labute approximate surface area is 185 Å². The zero-order valence-corrected chi connectivity index (χ0v) is 18.7. The highest BCUT2D eigenvalue weighted by Gasteiger charge is 2.12. The van der Waals surface area contributed by atoms with E-state index in [1.165, 1.54) is 11.3 Å². The second kappa shape index (κ2) is 9.39. The van der Waals surface area contributed by atoms with Crippen LogP contribution in [0.4, 0.5) is 10.8 Å². The first-order valence-electron chi connectivity index (χ1n) is 8.53. The lowest BCUT2D eigenvalue weighted by atomic mass is 10.2. The van der Waals surface area contributed by atoms with E-state index in [4.69, 9.17) is 12.2 Å². The fraction of sp³-hybridized carbons (Fsp3) is 0.158. The molecule has 6 nitrogen and oxygen atoms in total. The molecule has 0 saturated carbocycles. The number of thiocarbonyl (C=S) groups is 1. The summed E-state index contributed by atoms with van der Waals surface area (Å²) >= 11 is 8.76. The third kappa shape index (κ3) is 5.24. The highest BCUT2D eigenvalue weighted by Crippen LogP contribution is 2.28. The molecule has 0 bridgehead atoms. The van der Waals surface area contributed by atoms with Gasteiger partial charge >= 0.3 is 0 Å². The number of anilines is 2. The highest BCUT2D eigenvalue weighted by atomic mass is 127. The zero-order chi connectivity index (χ0) is 20.1. The minimum Gasteiger partial charge on any atom is -0.332 e. The maximum atomic E-state index is 12.3. The third-order valence-electron chi connectivity index (χ3n) is 3.72. The summed E-state index contributed by atoms with van der Waals surface area (Å²) in [5.74, 6) is -0.304. The molecule has 0 aliphatic heterocycles. The van der Waals surface area contributed by atoms with Crippen LogP contribution in [0.25, 0.3) is 10.2 Å². The van der Waals surface area contributed by atoms with E-state index >= 15 is 0 Å². The van der Waals surface area contributed by atoms with Crippen LogP contribution in [0.2, 0.25) is 0 Å². The largest absolute Gasteiger partial charge is 0.332 e. The van der Waals surface area contributed by atoms with Crippen LogP contribution in [-0.4, -0.2) is 21.9 Å². The monoisotopic (exact) mass is 524 g/mol. The summed E-state index contributed by atoms with van der Waals surface area (Å²) in [5, 5.41) is 9.29. The second-order valence-electron chi connectivity index (χ2n) is 5.89. The van der Waals surface area contributed by atoms with Crippen molar-refractivity contribution >= 4 is 84.1 Å². The number of benzene rings is 2. The fourth-order valence-electron chi connectivity index (χ4n) is 2.44. The molecule has 28 heavy (non-hydrogen) atoms. The van der Waals surface area contributed by atoms with E-state index in [0.29, 0.717) is 17.1 Å². The minimum atomic E-state index is -0.262. The molecule has 9 heteroatoms. The Kier molecular flexibility index (Phi) is 6.92. The Morgan fingerprint density at radius 2 is 1.96 bits per heavy atom. The molecule has 1 aromatic heterocycles. The van der Waals surface area contributed by atoms with E-state index in [1.807, 2.05) is 43.3 Å². The van der Waals surface area contributed by atoms with E-state index in [2.05, 4.69) is 43.5 Å². The molecule has 3 N–H and O–H groups in total. The number of halogens is 1. The van der Waals surface area contributed by atoms with Gasteiger partial charge in [-0.25, -0.2) is 4.98 Å². The lowest BCUT2D eigenvalue weighted by Gasteiger charge is -2.10. The maximum absolute atomic E-state index is 12.3. The summed E-state index contributed by atoms with van der Waals surface area (Å²) in [6.45, 7) is 1.95. The third-order valence-corrected chi connectivity index (χ3v) is 5.79. The van der Waals surface area contributed by atoms with Crippen LogP contribution in [0.3, 0.4) is 0 Å². The van der Waals surface area contributed by atoms with Crippen molar-refractivity contribution in [3.05, 3.63) is 51.6 Å². The van der Waals surface area contributed by atoms with Crippen LogP contribution in [0.5, 0.6) is 0 Å². The minimum absolute atomic E-state index is 0.0423. The van der Waals surface area contributed by atoms with Crippen LogP contribution in [-0.2, 0) is 4.79 Å². The van der Waals surface area contributed by atoms with Crippen molar-refractivity contribution in [2.75, 3.05) is 10.6 Å². The van der Waals surface area contributed by atoms with Gasteiger partial charge < -0.3 is 10.6 Å². The molecule has 3 rings (SSSR count). The highest BCUT2D eigenvalue weighted by molar-refractivity contribution is 14.1. The van der Waals surface area contributed by atoms with E-state index in [1.54, 1.807) is 6.07 Å². The number of thiazole rings is 1. The molecule has 0 radical (unpaired) electrons. The van der Waals surface area contributed by atoms with Gasteiger partial charge in [-0.15, -0.1) is 0 Å². The summed E-state index contributed by atoms with van der Waals surface area (Å²) in [7, 11) is 0. The molecule has 0 spiro atoms. The number of hydrogen-bond donors (Lipinski definition) is 3. The van der Waals surface area contributed by atoms with Crippen molar-refractivity contribution in [2.45, 2.75) is 19.8 Å². The second-order valence-corrected chi connectivity index (χ2v) is 8.49. The van der Waals surface area contributed by atoms with Crippen LogP contribution >= 0.6 is 46.1 Å². The van der Waals surface area contributed by atoms with E-state index in [9.17, 15) is 9.59 Å². The number of fused-ring (bicyclic) bond motifs is 1. The molecule has 0 fully saturated rings. The number of rotatable bonds is 5. The molecule has 1 heterocycles. The van der Waals surface area contributed by atoms with Crippen LogP contribution in [0.1, 0.15) is 30.1 Å². The quantitative estimate of drug-likeness (QED) is 0.331. The Morgan fingerprint density at radius 1 is 1.18 bits per heavy atom. The molecule has 0 aliphatic carbocycles. The Bertz CT molecular complexity index is 1050. The SMILES string of the molecule is CCCC(=O)Nc1nc2ccc(NC(=S)NC(=O)c3ccccc3I)cc2s1. The van der Waals surface area contributed by atoms with Gasteiger partial charge in [0, 0.05) is 15.7 Å². The molecule has 0 unspecified atom stereocenters. The lowest BCUT2D eigenvalue weighted by Crippen LogP contribution is -2.34. The van der Waals surface area contributed by atoms with Gasteiger partial charge in [-0.3, -0.25) is 14.9 Å². The van der Waals surface area contributed by atoms with E-state index < -0.39 is 0 Å². The van der Waals surface area contributed by atoms with E-state index in [0.717, 1.165) is 25.9 Å². The van der Waals surface area contributed by atoms with Gasteiger partial charge in [0.05, 0.1) is 15.8 Å². The Hall–Kier alpha value is -2.11. The topological polar surface area (TPSA) is 83.1 Å². The van der Waals surface area contributed by atoms with Gasteiger partial charge in [0.2, 0.25) is 5.91 Å². The number of carbonyl (C=O) groups excluding carboxylic acids is 2. The number of nitrogens with one attached hydrogen (secondary N) is 3. The molecule has 0 atom stereocenters. The summed E-state index contributed by atoms with van der Waals surface area (Å²) in [6.07, 6.45) is 1.26. The molecular formula is C19H17IN4O2S2. The van der Waals surface area contributed by atoms with Gasteiger partial charge in [-0.1, -0.05) is 30.4 Å². The van der Waals surface area contributed by atoms with Gasteiger partial charge in [-0.2, -0.15) is 0 Å². The maximum Gasteiger partial charge on any atom is 0.258 e. The number of aromatic nitrogens is 1. The lowest BCUT2D eigenvalue weighted by molar-refractivity contribution is -0.116. The molecular weight excluding hydrogens is 507 g/mol. The average molecular weight is 524 g/mol. The number of hydrogen-bond acceptors (Lipinski definition) is 5.